The fourth-order valence-corrected chi connectivity index (χ4v) is 1.95. The number of rotatable bonds is 7. The normalized spacial score (nSPS) is 10.6. The van der Waals surface area contributed by atoms with Crippen LogP contribution in [0.1, 0.15) is 18.1 Å². The summed E-state index contributed by atoms with van der Waals surface area (Å²) in [5, 5.41) is 13.5. The van der Waals surface area contributed by atoms with E-state index in [0.29, 0.717) is 23.7 Å². The van der Waals surface area contributed by atoms with Crippen LogP contribution in [0.5, 0.6) is 17.2 Å². The van der Waals surface area contributed by atoms with Crippen LogP contribution < -0.4 is 14.9 Å². The van der Waals surface area contributed by atoms with Crippen molar-refractivity contribution in [2.24, 2.45) is 5.10 Å². The zero-order valence-electron chi connectivity index (χ0n) is 13.7. The summed E-state index contributed by atoms with van der Waals surface area (Å²) in [6.45, 7) is 4.06. The minimum atomic E-state index is -0.363. The highest BCUT2D eigenvalue weighted by Crippen LogP contribution is 2.26. The van der Waals surface area contributed by atoms with Gasteiger partial charge in [0.2, 0.25) is 0 Å². The van der Waals surface area contributed by atoms with E-state index in [2.05, 4.69) is 10.5 Å². The lowest BCUT2D eigenvalue weighted by atomic mass is 10.2. The maximum atomic E-state index is 11.7. The molecule has 0 heterocycles. The molecule has 0 fully saturated rings. The predicted octanol–water partition coefficient (Wildman–Crippen LogP) is 2.63. The zero-order valence-corrected chi connectivity index (χ0v) is 13.7. The van der Waals surface area contributed by atoms with Crippen molar-refractivity contribution in [2.75, 3.05) is 13.2 Å². The van der Waals surface area contributed by atoms with E-state index in [4.69, 9.17) is 9.47 Å². The van der Waals surface area contributed by atoms with Crippen molar-refractivity contribution in [2.45, 2.75) is 13.8 Å². The van der Waals surface area contributed by atoms with Gasteiger partial charge in [0.15, 0.2) is 18.1 Å². The van der Waals surface area contributed by atoms with Crippen LogP contribution >= 0.6 is 0 Å². The van der Waals surface area contributed by atoms with Crippen molar-refractivity contribution >= 4 is 12.1 Å². The number of hydrogen-bond donors (Lipinski definition) is 2. The van der Waals surface area contributed by atoms with Gasteiger partial charge in [0.25, 0.3) is 5.91 Å². The first-order valence-corrected chi connectivity index (χ1v) is 7.56. The number of aryl methyl sites for hydroxylation is 1. The number of carbonyl (C=O) groups excluding carboxylic acids is 1. The molecule has 0 spiro atoms. The second-order valence-corrected chi connectivity index (χ2v) is 5.01. The molecule has 2 rings (SSSR count). The molecule has 0 bridgehead atoms. The van der Waals surface area contributed by atoms with Gasteiger partial charge < -0.3 is 14.6 Å². The first-order valence-electron chi connectivity index (χ1n) is 7.56. The number of phenolic OH excluding ortho intramolecular Hbond substituents is 1. The Hall–Kier alpha value is -3.02. The molecule has 6 heteroatoms. The summed E-state index contributed by atoms with van der Waals surface area (Å²) in [6, 6.07) is 12.3. The zero-order chi connectivity index (χ0) is 17.4. The highest BCUT2D eigenvalue weighted by molar-refractivity contribution is 5.83. The molecule has 126 valence electrons. The highest BCUT2D eigenvalue weighted by atomic mass is 16.5. The lowest BCUT2D eigenvalue weighted by Gasteiger charge is -2.07. The Morgan fingerprint density at radius 1 is 1.21 bits per heavy atom. The molecular formula is C18H20N2O4. The Morgan fingerprint density at radius 3 is 2.75 bits per heavy atom. The number of hydrazone groups is 1. The number of nitrogens with one attached hydrogen (secondary N) is 1. The van der Waals surface area contributed by atoms with Crippen molar-refractivity contribution in [1.82, 2.24) is 5.43 Å². The van der Waals surface area contributed by atoms with Crippen molar-refractivity contribution in [3.63, 3.8) is 0 Å². The molecule has 0 radical (unpaired) electrons. The van der Waals surface area contributed by atoms with Crippen LogP contribution in [0.15, 0.2) is 47.6 Å². The van der Waals surface area contributed by atoms with Crippen LogP contribution in [0.4, 0.5) is 0 Å². The lowest BCUT2D eigenvalue weighted by Crippen LogP contribution is -2.24. The van der Waals surface area contributed by atoms with Gasteiger partial charge in [0, 0.05) is 0 Å². The van der Waals surface area contributed by atoms with Gasteiger partial charge in [-0.3, -0.25) is 4.79 Å². The monoisotopic (exact) mass is 328 g/mol. The van der Waals surface area contributed by atoms with E-state index in [9.17, 15) is 9.90 Å². The molecule has 0 atom stereocenters. The van der Waals surface area contributed by atoms with Crippen LogP contribution in [0.2, 0.25) is 0 Å². The molecule has 2 aromatic carbocycles. The minimum Gasteiger partial charge on any atom is -0.504 e. The number of amides is 1. The summed E-state index contributed by atoms with van der Waals surface area (Å²) in [5.41, 5.74) is 4.04. The Labute approximate surface area is 140 Å². The van der Waals surface area contributed by atoms with E-state index in [0.717, 1.165) is 5.56 Å². The topological polar surface area (TPSA) is 80.2 Å². The summed E-state index contributed by atoms with van der Waals surface area (Å²) in [6.07, 6.45) is 1.47. The lowest BCUT2D eigenvalue weighted by molar-refractivity contribution is -0.123. The molecule has 1 amide bonds. The number of carbonyl (C=O) groups is 1. The third-order valence-electron chi connectivity index (χ3n) is 3.14. The van der Waals surface area contributed by atoms with Gasteiger partial charge >= 0.3 is 0 Å². The van der Waals surface area contributed by atoms with Gasteiger partial charge in [-0.05, 0) is 49.2 Å². The average Bonchev–Trinajstić information content (AvgIpc) is 2.57. The largest absolute Gasteiger partial charge is 0.504 e. The maximum Gasteiger partial charge on any atom is 0.277 e. The van der Waals surface area contributed by atoms with Gasteiger partial charge in [-0.15, -0.1) is 0 Å². The summed E-state index contributed by atoms with van der Waals surface area (Å²) >= 11 is 0. The number of benzene rings is 2. The number of phenols is 1. The van der Waals surface area contributed by atoms with Crippen LogP contribution in [-0.4, -0.2) is 30.4 Å². The number of para-hydroxylation sites is 1. The van der Waals surface area contributed by atoms with E-state index < -0.39 is 0 Å². The third-order valence-corrected chi connectivity index (χ3v) is 3.14. The van der Waals surface area contributed by atoms with Crippen LogP contribution in [-0.2, 0) is 4.79 Å². The fourth-order valence-electron chi connectivity index (χ4n) is 1.95. The second kappa shape index (κ2) is 8.57. The van der Waals surface area contributed by atoms with Gasteiger partial charge in [0.05, 0.1) is 12.8 Å². The smallest absolute Gasteiger partial charge is 0.277 e. The molecular weight excluding hydrogens is 308 g/mol. The standard InChI is InChI=1S/C18H20N2O4/c1-3-23-17-10-14(8-9-15(17)21)11-19-20-18(22)12-24-16-7-5-4-6-13(16)2/h4-11,21H,3,12H2,1-2H3,(H,20,22). The Balaban J connectivity index is 1.86. The summed E-state index contributed by atoms with van der Waals surface area (Å²) in [7, 11) is 0. The van der Waals surface area contributed by atoms with Gasteiger partial charge in [-0.2, -0.15) is 5.10 Å². The molecule has 0 aliphatic heterocycles. The van der Waals surface area contributed by atoms with Crippen LogP contribution in [0.25, 0.3) is 0 Å². The number of hydrogen-bond acceptors (Lipinski definition) is 5. The van der Waals surface area contributed by atoms with Crippen molar-refractivity contribution in [1.29, 1.82) is 0 Å². The van der Waals surface area contributed by atoms with E-state index >= 15 is 0 Å². The molecule has 6 nitrogen and oxygen atoms in total. The molecule has 2 aromatic rings. The fraction of sp³-hybridized carbons (Fsp3) is 0.222. The van der Waals surface area contributed by atoms with Crippen molar-refractivity contribution in [3.8, 4) is 17.2 Å². The molecule has 0 saturated heterocycles. The summed E-state index contributed by atoms with van der Waals surface area (Å²) in [5.74, 6) is 0.732. The van der Waals surface area contributed by atoms with Crippen molar-refractivity contribution in [3.05, 3.63) is 53.6 Å². The molecule has 0 aliphatic carbocycles. The molecule has 0 saturated carbocycles. The molecule has 2 N–H and O–H groups in total. The SMILES string of the molecule is CCOc1cc(C=NNC(=O)COc2ccccc2C)ccc1O. The predicted molar refractivity (Wildman–Crippen MR) is 91.7 cm³/mol. The summed E-state index contributed by atoms with van der Waals surface area (Å²) < 4.78 is 10.7. The first-order chi connectivity index (χ1) is 11.6. The average molecular weight is 328 g/mol. The quantitative estimate of drug-likeness (QED) is 0.605. The molecule has 0 aliphatic rings. The van der Waals surface area contributed by atoms with E-state index in [1.807, 2.05) is 32.0 Å². The van der Waals surface area contributed by atoms with E-state index in [-0.39, 0.29) is 18.3 Å². The second-order valence-electron chi connectivity index (χ2n) is 5.01. The van der Waals surface area contributed by atoms with E-state index in [1.54, 1.807) is 18.2 Å². The first kappa shape index (κ1) is 17.3. The van der Waals surface area contributed by atoms with Crippen LogP contribution in [0, 0.1) is 6.92 Å². The summed E-state index contributed by atoms with van der Waals surface area (Å²) in [4.78, 5) is 11.7. The molecule has 0 aromatic heterocycles. The minimum absolute atomic E-state index is 0.0599. The number of aromatic hydroxyl groups is 1. The van der Waals surface area contributed by atoms with Crippen molar-refractivity contribution < 1.29 is 19.4 Å². The third kappa shape index (κ3) is 5.01. The van der Waals surface area contributed by atoms with Gasteiger partial charge in [0.1, 0.15) is 5.75 Å². The molecule has 0 unspecified atom stereocenters. The number of nitrogens with zero attached hydrogens (tertiary/aromatic N) is 1. The highest BCUT2D eigenvalue weighted by Gasteiger charge is 2.04. The Bertz CT molecular complexity index is 729. The van der Waals surface area contributed by atoms with Crippen LogP contribution in [0.3, 0.4) is 0 Å². The van der Waals surface area contributed by atoms with E-state index in [1.165, 1.54) is 12.3 Å². The Kier molecular flexibility index (Phi) is 6.19. The van der Waals surface area contributed by atoms with Gasteiger partial charge in [-0.1, -0.05) is 18.2 Å². The Morgan fingerprint density at radius 2 is 2.00 bits per heavy atom. The molecule has 24 heavy (non-hydrogen) atoms. The van der Waals surface area contributed by atoms with Gasteiger partial charge in [-0.25, -0.2) is 5.43 Å². The number of ether oxygens (including phenoxy) is 2. The maximum absolute atomic E-state index is 11.7.